The van der Waals surface area contributed by atoms with Crippen molar-refractivity contribution in [2.45, 2.75) is 33.1 Å². The molecule has 154 valence electrons. The van der Waals surface area contributed by atoms with E-state index in [9.17, 15) is 5.26 Å². The second kappa shape index (κ2) is 9.93. The predicted molar refractivity (Wildman–Crippen MR) is 125 cm³/mol. The van der Waals surface area contributed by atoms with Crippen molar-refractivity contribution in [2.24, 2.45) is 0 Å². The normalized spacial score (nSPS) is 10.9. The van der Waals surface area contributed by atoms with Crippen molar-refractivity contribution >= 4 is 0 Å². The van der Waals surface area contributed by atoms with Gasteiger partial charge in [-0.2, -0.15) is 5.26 Å². The van der Waals surface area contributed by atoms with Crippen molar-refractivity contribution in [3.05, 3.63) is 131 Å². The summed E-state index contributed by atoms with van der Waals surface area (Å²) < 4.78 is 2.33. The van der Waals surface area contributed by atoms with E-state index in [0.717, 1.165) is 31.7 Å². The Morgan fingerprint density at radius 2 is 1.48 bits per heavy atom. The van der Waals surface area contributed by atoms with Gasteiger partial charge in [0.2, 0.25) is 0 Å². The summed E-state index contributed by atoms with van der Waals surface area (Å²) in [5, 5.41) is 9.27. The van der Waals surface area contributed by atoms with Crippen LogP contribution in [0.25, 0.3) is 0 Å². The van der Waals surface area contributed by atoms with Crippen molar-refractivity contribution in [1.82, 2.24) is 9.47 Å². The molecule has 3 nitrogen and oxygen atoms in total. The minimum Gasteiger partial charge on any atom is -0.346 e. The first-order valence-corrected chi connectivity index (χ1v) is 10.6. The molecule has 0 unspecified atom stereocenters. The fraction of sp³-hybridized carbons (Fsp3) is 0.179. The number of aryl methyl sites for hydroxylation is 1. The maximum absolute atomic E-state index is 9.27. The second-order valence-electron chi connectivity index (χ2n) is 8.06. The lowest BCUT2D eigenvalue weighted by atomic mass is 10.1. The first-order valence-electron chi connectivity index (χ1n) is 10.6. The molecule has 31 heavy (non-hydrogen) atoms. The van der Waals surface area contributed by atoms with Gasteiger partial charge in [0, 0.05) is 38.1 Å². The van der Waals surface area contributed by atoms with Crippen LogP contribution in [-0.4, -0.2) is 9.47 Å². The quantitative estimate of drug-likeness (QED) is 0.364. The molecule has 0 atom stereocenters. The van der Waals surface area contributed by atoms with Crippen LogP contribution >= 0.6 is 0 Å². The molecule has 0 amide bonds. The highest BCUT2D eigenvalue weighted by molar-refractivity contribution is 5.33. The van der Waals surface area contributed by atoms with E-state index in [1.54, 1.807) is 0 Å². The molecule has 1 heterocycles. The van der Waals surface area contributed by atoms with E-state index < -0.39 is 0 Å². The number of hydrogen-bond acceptors (Lipinski definition) is 2. The lowest BCUT2D eigenvalue weighted by Gasteiger charge is -2.24. The third-order valence-corrected chi connectivity index (χ3v) is 5.49. The number of nitrogens with zero attached hydrogens (tertiary/aromatic N) is 3. The minimum atomic E-state index is 0.708. The first kappa shape index (κ1) is 20.7. The average molecular weight is 406 g/mol. The number of hydrogen-bond donors (Lipinski definition) is 0. The zero-order valence-electron chi connectivity index (χ0n) is 17.9. The smallest absolute Gasteiger partial charge is 0.0991 e. The largest absolute Gasteiger partial charge is 0.346 e. The molecule has 0 aliphatic rings. The Bertz CT molecular complexity index is 1150. The summed E-state index contributed by atoms with van der Waals surface area (Å²) in [6.07, 6.45) is 2.16. The Balaban J connectivity index is 1.55. The van der Waals surface area contributed by atoms with E-state index in [1.165, 1.54) is 22.4 Å². The zero-order valence-corrected chi connectivity index (χ0v) is 17.9. The van der Waals surface area contributed by atoms with E-state index in [4.69, 9.17) is 0 Å². The van der Waals surface area contributed by atoms with Gasteiger partial charge in [-0.05, 0) is 47.9 Å². The van der Waals surface area contributed by atoms with Crippen LogP contribution in [-0.2, 0) is 26.2 Å². The van der Waals surface area contributed by atoms with Crippen LogP contribution in [0.5, 0.6) is 0 Å². The molecule has 0 fully saturated rings. The Morgan fingerprint density at radius 3 is 2.26 bits per heavy atom. The molecule has 0 N–H and O–H groups in total. The summed E-state index contributed by atoms with van der Waals surface area (Å²) in [5.41, 5.74) is 7.03. The third kappa shape index (κ3) is 5.72. The van der Waals surface area contributed by atoms with Gasteiger partial charge in [0.25, 0.3) is 0 Å². The Labute approximate surface area is 184 Å². The maximum atomic E-state index is 9.27. The average Bonchev–Trinajstić information content (AvgIpc) is 3.22. The minimum absolute atomic E-state index is 0.708. The number of rotatable bonds is 8. The Kier molecular flexibility index (Phi) is 6.62. The first-order chi connectivity index (χ1) is 15.2. The molecule has 0 aliphatic heterocycles. The molecule has 0 saturated heterocycles. The molecular weight excluding hydrogens is 378 g/mol. The highest BCUT2D eigenvalue weighted by Crippen LogP contribution is 2.17. The van der Waals surface area contributed by atoms with Crippen LogP contribution in [0.2, 0.25) is 0 Å². The van der Waals surface area contributed by atoms with Crippen molar-refractivity contribution in [3.63, 3.8) is 0 Å². The maximum Gasteiger partial charge on any atom is 0.0991 e. The van der Waals surface area contributed by atoms with Gasteiger partial charge in [-0.25, -0.2) is 0 Å². The van der Waals surface area contributed by atoms with Crippen LogP contribution in [0.4, 0.5) is 0 Å². The van der Waals surface area contributed by atoms with Gasteiger partial charge < -0.3 is 4.57 Å². The van der Waals surface area contributed by atoms with E-state index >= 15 is 0 Å². The summed E-state index contributed by atoms with van der Waals surface area (Å²) in [4.78, 5) is 2.44. The lowest BCUT2D eigenvalue weighted by Crippen LogP contribution is -2.24. The second-order valence-corrected chi connectivity index (χ2v) is 8.06. The monoisotopic (exact) mass is 405 g/mol. The SMILES string of the molecule is Cc1ccc(Cn2cccc2CN(Cc2ccccc2)Cc2cccc(C#N)c2)cc1. The molecule has 4 rings (SSSR count). The van der Waals surface area contributed by atoms with Crippen LogP contribution < -0.4 is 0 Å². The number of aromatic nitrogens is 1. The van der Waals surface area contributed by atoms with Gasteiger partial charge in [0.15, 0.2) is 0 Å². The predicted octanol–water partition coefficient (Wildman–Crippen LogP) is 5.92. The summed E-state index contributed by atoms with van der Waals surface area (Å²) in [7, 11) is 0. The highest BCUT2D eigenvalue weighted by Gasteiger charge is 2.12. The molecule has 3 heteroatoms. The zero-order chi connectivity index (χ0) is 21.5. The van der Waals surface area contributed by atoms with Crippen LogP contribution in [0.15, 0.2) is 97.2 Å². The lowest BCUT2D eigenvalue weighted by molar-refractivity contribution is 0.241. The summed E-state index contributed by atoms with van der Waals surface area (Å²) in [5.74, 6) is 0. The fourth-order valence-electron chi connectivity index (χ4n) is 3.87. The summed E-state index contributed by atoms with van der Waals surface area (Å²) in [6.45, 7) is 5.47. The fourth-order valence-corrected chi connectivity index (χ4v) is 3.87. The number of nitriles is 1. The molecule has 0 saturated carbocycles. The van der Waals surface area contributed by atoms with Crippen LogP contribution in [0, 0.1) is 18.3 Å². The molecule has 1 aromatic heterocycles. The number of benzene rings is 3. The van der Waals surface area contributed by atoms with Gasteiger partial charge in [-0.1, -0.05) is 72.3 Å². The molecule has 0 spiro atoms. The van der Waals surface area contributed by atoms with Gasteiger partial charge >= 0.3 is 0 Å². The van der Waals surface area contributed by atoms with Crippen molar-refractivity contribution < 1.29 is 0 Å². The van der Waals surface area contributed by atoms with Gasteiger partial charge in [-0.15, -0.1) is 0 Å². The van der Waals surface area contributed by atoms with Crippen molar-refractivity contribution in [1.29, 1.82) is 5.26 Å². The van der Waals surface area contributed by atoms with Crippen LogP contribution in [0.3, 0.4) is 0 Å². The molecule has 0 bridgehead atoms. The highest BCUT2D eigenvalue weighted by atomic mass is 15.1. The third-order valence-electron chi connectivity index (χ3n) is 5.49. The summed E-state index contributed by atoms with van der Waals surface area (Å²) in [6, 6.07) is 33.8. The van der Waals surface area contributed by atoms with Crippen LogP contribution in [0.1, 0.15) is 33.5 Å². The molecular formula is C28H27N3. The topological polar surface area (TPSA) is 32.0 Å². The van der Waals surface area contributed by atoms with Gasteiger partial charge in [0.1, 0.15) is 0 Å². The molecule has 0 aliphatic carbocycles. The van der Waals surface area contributed by atoms with E-state index in [-0.39, 0.29) is 0 Å². The van der Waals surface area contributed by atoms with E-state index in [1.807, 2.05) is 18.2 Å². The van der Waals surface area contributed by atoms with E-state index in [0.29, 0.717) is 5.56 Å². The van der Waals surface area contributed by atoms with E-state index in [2.05, 4.69) is 101 Å². The standard InChI is InChI=1S/C28H27N3/c1-23-12-14-25(15-13-23)21-31-16-6-11-28(31)22-30(19-24-7-3-2-4-8-24)20-27-10-5-9-26(17-27)18-29/h2-17H,19-22H2,1H3. The summed E-state index contributed by atoms with van der Waals surface area (Å²) >= 11 is 0. The molecule has 4 aromatic rings. The van der Waals surface area contributed by atoms with Crippen molar-refractivity contribution in [2.75, 3.05) is 0 Å². The van der Waals surface area contributed by atoms with Gasteiger partial charge in [0.05, 0.1) is 11.6 Å². The Morgan fingerprint density at radius 1 is 0.742 bits per heavy atom. The Hall–Kier alpha value is -3.61. The molecule has 3 aromatic carbocycles. The van der Waals surface area contributed by atoms with Crippen molar-refractivity contribution in [3.8, 4) is 6.07 Å². The molecule has 0 radical (unpaired) electrons. The van der Waals surface area contributed by atoms with Gasteiger partial charge in [-0.3, -0.25) is 4.90 Å².